The molecular formula is C22H25N3O3. The maximum atomic E-state index is 12.8. The van der Waals surface area contributed by atoms with Crippen LogP contribution in [-0.4, -0.2) is 40.4 Å². The van der Waals surface area contributed by atoms with E-state index in [1.165, 1.54) is 0 Å². The van der Waals surface area contributed by atoms with E-state index in [1.54, 1.807) is 24.5 Å². The number of benzene rings is 1. The third-order valence-electron chi connectivity index (χ3n) is 5.79. The van der Waals surface area contributed by atoms with Gasteiger partial charge >= 0.3 is 0 Å². The van der Waals surface area contributed by atoms with E-state index in [0.717, 1.165) is 17.7 Å². The number of amides is 2. The van der Waals surface area contributed by atoms with Gasteiger partial charge < -0.3 is 15.0 Å². The van der Waals surface area contributed by atoms with Crippen LogP contribution in [0.2, 0.25) is 0 Å². The van der Waals surface area contributed by atoms with E-state index in [9.17, 15) is 9.59 Å². The summed E-state index contributed by atoms with van der Waals surface area (Å²) in [4.78, 5) is 31.0. The summed E-state index contributed by atoms with van der Waals surface area (Å²) in [6.45, 7) is 3.40. The second-order valence-electron chi connectivity index (χ2n) is 7.52. The van der Waals surface area contributed by atoms with Crippen LogP contribution in [0.3, 0.4) is 0 Å². The molecule has 1 aromatic heterocycles. The molecule has 6 nitrogen and oxygen atoms in total. The molecule has 1 spiro atoms. The van der Waals surface area contributed by atoms with Crippen LogP contribution >= 0.6 is 0 Å². The number of aromatic nitrogens is 1. The van der Waals surface area contributed by atoms with Gasteiger partial charge in [0.15, 0.2) is 0 Å². The van der Waals surface area contributed by atoms with Crippen molar-refractivity contribution in [3.05, 3.63) is 59.9 Å². The number of pyridine rings is 1. The molecule has 1 saturated heterocycles. The standard InChI is InChI=1S/C22H25N3O3/c1-2-25-13-11-22(10-9-20(25)26)14-18(17-7-3-4-8-19(17)28-22)24-21(27)16-6-5-12-23-15-16/h3-8,12,15,18H,2,9-11,13-14H2,1H3,(H,24,27)/t18-,22+/m0/s1. The van der Waals surface area contributed by atoms with Crippen molar-refractivity contribution in [2.45, 2.75) is 44.2 Å². The van der Waals surface area contributed by atoms with Crippen LogP contribution in [0.15, 0.2) is 48.8 Å². The normalized spacial score (nSPS) is 24.2. The topological polar surface area (TPSA) is 71.5 Å². The van der Waals surface area contributed by atoms with Crippen LogP contribution < -0.4 is 10.1 Å². The average Bonchev–Trinajstić information content (AvgIpc) is 2.87. The Morgan fingerprint density at radius 1 is 1.29 bits per heavy atom. The van der Waals surface area contributed by atoms with Crippen molar-refractivity contribution in [2.24, 2.45) is 0 Å². The summed E-state index contributed by atoms with van der Waals surface area (Å²) in [7, 11) is 0. The number of hydrogen-bond acceptors (Lipinski definition) is 4. The molecule has 0 bridgehead atoms. The molecule has 2 atom stereocenters. The lowest BCUT2D eigenvalue weighted by molar-refractivity contribution is -0.130. The van der Waals surface area contributed by atoms with E-state index in [0.29, 0.717) is 37.9 Å². The van der Waals surface area contributed by atoms with Gasteiger partial charge in [-0.25, -0.2) is 0 Å². The summed E-state index contributed by atoms with van der Waals surface area (Å²) in [5.74, 6) is 0.824. The summed E-state index contributed by atoms with van der Waals surface area (Å²) in [6, 6.07) is 11.2. The molecule has 0 saturated carbocycles. The van der Waals surface area contributed by atoms with Crippen LogP contribution in [0.25, 0.3) is 0 Å². The Morgan fingerprint density at radius 3 is 2.93 bits per heavy atom. The summed E-state index contributed by atoms with van der Waals surface area (Å²) in [5.41, 5.74) is 1.07. The van der Waals surface area contributed by atoms with Crippen molar-refractivity contribution >= 4 is 11.8 Å². The molecule has 4 rings (SSSR count). The lowest BCUT2D eigenvalue weighted by atomic mass is 9.82. The van der Waals surface area contributed by atoms with Gasteiger partial charge in [-0.3, -0.25) is 14.6 Å². The van der Waals surface area contributed by atoms with Gasteiger partial charge in [0.1, 0.15) is 11.4 Å². The van der Waals surface area contributed by atoms with Gasteiger partial charge in [0.05, 0.1) is 11.6 Å². The molecule has 3 heterocycles. The zero-order chi connectivity index (χ0) is 19.6. The highest BCUT2D eigenvalue weighted by molar-refractivity contribution is 5.94. The van der Waals surface area contributed by atoms with E-state index >= 15 is 0 Å². The first kappa shape index (κ1) is 18.5. The SMILES string of the molecule is CCN1CC[C@]2(CCC1=O)C[C@H](NC(=O)c1cccnc1)c1ccccc1O2. The number of nitrogens with one attached hydrogen (secondary N) is 1. The average molecular weight is 379 g/mol. The second-order valence-corrected chi connectivity index (χ2v) is 7.52. The number of likely N-dealkylation sites (tertiary alicyclic amines) is 1. The molecular weight excluding hydrogens is 354 g/mol. The molecule has 0 unspecified atom stereocenters. The Bertz CT molecular complexity index is 870. The number of hydrogen-bond donors (Lipinski definition) is 1. The van der Waals surface area contributed by atoms with Crippen LogP contribution in [0.4, 0.5) is 0 Å². The Labute approximate surface area is 164 Å². The zero-order valence-electron chi connectivity index (χ0n) is 16.1. The van der Waals surface area contributed by atoms with Crippen molar-refractivity contribution in [3.8, 4) is 5.75 Å². The van der Waals surface area contributed by atoms with E-state index in [-0.39, 0.29) is 17.9 Å². The predicted octanol–water partition coefficient (Wildman–Crippen LogP) is 3.11. The first-order valence-corrected chi connectivity index (χ1v) is 9.87. The van der Waals surface area contributed by atoms with E-state index < -0.39 is 5.60 Å². The number of carbonyl (C=O) groups excluding carboxylic acids is 2. The Balaban J connectivity index is 1.61. The number of carbonyl (C=O) groups is 2. The van der Waals surface area contributed by atoms with Crippen molar-refractivity contribution in [1.29, 1.82) is 0 Å². The van der Waals surface area contributed by atoms with Crippen molar-refractivity contribution in [1.82, 2.24) is 15.2 Å². The smallest absolute Gasteiger partial charge is 0.253 e. The second kappa shape index (κ2) is 7.62. The number of para-hydroxylation sites is 1. The van der Waals surface area contributed by atoms with Gasteiger partial charge in [-0.1, -0.05) is 18.2 Å². The van der Waals surface area contributed by atoms with E-state index in [2.05, 4.69) is 10.3 Å². The Kier molecular flexibility index (Phi) is 5.03. The van der Waals surface area contributed by atoms with Crippen LogP contribution in [0.1, 0.15) is 54.6 Å². The number of rotatable bonds is 3. The molecule has 2 aliphatic heterocycles. The molecule has 28 heavy (non-hydrogen) atoms. The van der Waals surface area contributed by atoms with Gasteiger partial charge in [-0.05, 0) is 31.5 Å². The quantitative estimate of drug-likeness (QED) is 0.890. The molecule has 146 valence electrons. The summed E-state index contributed by atoms with van der Waals surface area (Å²) >= 11 is 0. The van der Waals surface area contributed by atoms with Crippen LogP contribution in [-0.2, 0) is 4.79 Å². The lowest BCUT2D eigenvalue weighted by Gasteiger charge is -2.42. The largest absolute Gasteiger partial charge is 0.487 e. The van der Waals surface area contributed by atoms with Crippen LogP contribution in [0, 0.1) is 0 Å². The fourth-order valence-electron chi connectivity index (χ4n) is 4.21. The number of ether oxygens (including phenoxy) is 1. The molecule has 6 heteroatoms. The molecule has 2 amide bonds. The molecule has 2 aliphatic rings. The van der Waals surface area contributed by atoms with Crippen LogP contribution in [0.5, 0.6) is 5.75 Å². The monoisotopic (exact) mass is 379 g/mol. The zero-order valence-corrected chi connectivity index (χ0v) is 16.1. The van der Waals surface area contributed by atoms with Gasteiger partial charge in [-0.2, -0.15) is 0 Å². The number of nitrogens with zero attached hydrogens (tertiary/aromatic N) is 2. The van der Waals surface area contributed by atoms with Crippen molar-refractivity contribution in [3.63, 3.8) is 0 Å². The molecule has 1 N–H and O–H groups in total. The number of fused-ring (bicyclic) bond motifs is 1. The highest BCUT2D eigenvalue weighted by atomic mass is 16.5. The first-order chi connectivity index (χ1) is 13.6. The minimum absolute atomic E-state index is 0.148. The molecule has 0 aliphatic carbocycles. The van der Waals surface area contributed by atoms with E-state index in [4.69, 9.17) is 4.74 Å². The molecule has 1 fully saturated rings. The van der Waals surface area contributed by atoms with Gasteiger partial charge in [0, 0.05) is 50.3 Å². The summed E-state index contributed by atoms with van der Waals surface area (Å²) in [5, 5.41) is 3.16. The molecule has 2 aromatic rings. The van der Waals surface area contributed by atoms with Gasteiger partial charge in [0.2, 0.25) is 5.91 Å². The minimum atomic E-state index is -0.444. The van der Waals surface area contributed by atoms with Gasteiger partial charge in [0.25, 0.3) is 5.91 Å². The fourth-order valence-corrected chi connectivity index (χ4v) is 4.21. The summed E-state index contributed by atoms with van der Waals surface area (Å²) < 4.78 is 6.46. The Hall–Kier alpha value is -2.89. The van der Waals surface area contributed by atoms with E-state index in [1.807, 2.05) is 36.1 Å². The third kappa shape index (κ3) is 3.59. The maximum Gasteiger partial charge on any atom is 0.253 e. The maximum absolute atomic E-state index is 12.8. The highest BCUT2D eigenvalue weighted by Gasteiger charge is 2.43. The highest BCUT2D eigenvalue weighted by Crippen LogP contribution is 2.44. The minimum Gasteiger partial charge on any atom is -0.487 e. The predicted molar refractivity (Wildman–Crippen MR) is 105 cm³/mol. The fraction of sp³-hybridized carbons (Fsp3) is 0.409. The van der Waals surface area contributed by atoms with Gasteiger partial charge in [-0.15, -0.1) is 0 Å². The lowest BCUT2D eigenvalue weighted by Crippen LogP contribution is -2.46. The first-order valence-electron chi connectivity index (χ1n) is 9.87. The van der Waals surface area contributed by atoms with Crippen molar-refractivity contribution < 1.29 is 14.3 Å². The molecule has 1 aromatic carbocycles. The Morgan fingerprint density at radius 2 is 2.14 bits per heavy atom. The summed E-state index contributed by atoms with van der Waals surface area (Å²) in [6.07, 6.45) is 5.77. The van der Waals surface area contributed by atoms with Crippen molar-refractivity contribution in [2.75, 3.05) is 13.1 Å². The third-order valence-corrected chi connectivity index (χ3v) is 5.79. The molecule has 0 radical (unpaired) electrons.